The van der Waals surface area contributed by atoms with Gasteiger partial charge in [0.1, 0.15) is 9.79 Å². The number of hydrogen-bond acceptors (Lipinski definition) is 5. The number of benzene rings is 2. The molecular formula is C12H9F2NO5S2. The highest BCUT2D eigenvalue weighted by Gasteiger charge is 2.22. The van der Waals surface area contributed by atoms with Gasteiger partial charge in [0.2, 0.25) is 5.91 Å². The van der Waals surface area contributed by atoms with Crippen molar-refractivity contribution in [2.24, 2.45) is 0 Å². The lowest BCUT2D eigenvalue weighted by atomic mass is 10.1. The highest BCUT2D eigenvalue weighted by Crippen LogP contribution is 2.31. The Kier molecular flexibility index (Phi) is 3.92. The van der Waals surface area contributed by atoms with Crippen molar-refractivity contribution in [1.82, 2.24) is 0 Å². The van der Waals surface area contributed by atoms with Gasteiger partial charge in [-0.1, -0.05) is 6.07 Å². The second-order valence-electron chi connectivity index (χ2n) is 4.41. The molecule has 0 saturated heterocycles. The fourth-order valence-corrected chi connectivity index (χ4v) is 3.23. The number of rotatable bonds is 3. The van der Waals surface area contributed by atoms with E-state index in [-0.39, 0.29) is 16.5 Å². The minimum atomic E-state index is -5.30. The highest BCUT2D eigenvalue weighted by atomic mass is 32.3. The molecule has 1 N–H and O–H groups in total. The van der Waals surface area contributed by atoms with Gasteiger partial charge in [-0.15, -0.1) is 7.77 Å². The van der Waals surface area contributed by atoms with Crippen molar-refractivity contribution >= 4 is 42.8 Å². The quantitative estimate of drug-likeness (QED) is 0.856. The summed E-state index contributed by atoms with van der Waals surface area (Å²) in [6.07, 6.45) is 0. The number of nitrogens with one attached hydrogen (secondary N) is 1. The average Bonchev–Trinajstić information content (AvgIpc) is 2.34. The molecule has 0 saturated carbocycles. The van der Waals surface area contributed by atoms with Crippen LogP contribution in [-0.4, -0.2) is 22.7 Å². The van der Waals surface area contributed by atoms with Crippen molar-refractivity contribution in [3.63, 3.8) is 0 Å². The molecule has 0 bridgehead atoms. The Morgan fingerprint density at radius 3 is 2.14 bits per heavy atom. The first kappa shape index (κ1) is 16.3. The summed E-state index contributed by atoms with van der Waals surface area (Å²) < 4.78 is 70.7. The zero-order valence-corrected chi connectivity index (χ0v) is 12.6. The van der Waals surface area contributed by atoms with Crippen LogP contribution in [0.5, 0.6) is 0 Å². The van der Waals surface area contributed by atoms with Crippen LogP contribution in [0.4, 0.5) is 13.5 Å². The predicted octanol–water partition coefficient (Wildman–Crippen LogP) is 2.11. The molecule has 0 atom stereocenters. The topological polar surface area (TPSA) is 97.4 Å². The Hall–Kier alpha value is -2.07. The van der Waals surface area contributed by atoms with Crippen LogP contribution in [0.15, 0.2) is 40.1 Å². The molecule has 0 radical (unpaired) electrons. The molecule has 0 spiro atoms. The molecule has 2 aromatic carbocycles. The van der Waals surface area contributed by atoms with Crippen LogP contribution in [0.2, 0.25) is 0 Å². The van der Waals surface area contributed by atoms with E-state index < -0.39 is 36.1 Å². The number of carbonyl (C=O) groups is 1. The second kappa shape index (κ2) is 5.29. The Bertz CT molecular complexity index is 984. The van der Waals surface area contributed by atoms with E-state index in [0.29, 0.717) is 6.07 Å². The van der Waals surface area contributed by atoms with Gasteiger partial charge in [0.05, 0.1) is 0 Å². The van der Waals surface area contributed by atoms with E-state index in [1.807, 2.05) is 0 Å². The average molecular weight is 349 g/mol. The lowest BCUT2D eigenvalue weighted by molar-refractivity contribution is -0.114. The Balaban J connectivity index is 2.86. The van der Waals surface area contributed by atoms with Crippen molar-refractivity contribution in [2.75, 3.05) is 5.32 Å². The van der Waals surface area contributed by atoms with Gasteiger partial charge in [-0.3, -0.25) is 4.79 Å². The molecule has 118 valence electrons. The monoisotopic (exact) mass is 349 g/mol. The maximum absolute atomic E-state index is 13.4. The summed E-state index contributed by atoms with van der Waals surface area (Å²) in [5, 5.41) is 2.18. The van der Waals surface area contributed by atoms with E-state index in [4.69, 9.17) is 0 Å². The van der Waals surface area contributed by atoms with Gasteiger partial charge < -0.3 is 5.32 Å². The second-order valence-corrected chi connectivity index (χ2v) is 7.08. The zero-order valence-electron chi connectivity index (χ0n) is 11.0. The molecule has 2 rings (SSSR count). The fraction of sp³-hybridized carbons (Fsp3) is 0.0833. The van der Waals surface area contributed by atoms with E-state index >= 15 is 0 Å². The maximum atomic E-state index is 13.4. The van der Waals surface area contributed by atoms with Crippen LogP contribution < -0.4 is 5.32 Å². The van der Waals surface area contributed by atoms with E-state index in [2.05, 4.69) is 5.32 Å². The summed E-state index contributed by atoms with van der Waals surface area (Å²) in [4.78, 5) is 9.02. The van der Waals surface area contributed by atoms with Crippen molar-refractivity contribution in [3.8, 4) is 0 Å². The number of halogens is 2. The molecule has 0 aliphatic heterocycles. The maximum Gasteiger partial charge on any atom is 0.332 e. The third-order valence-corrected chi connectivity index (χ3v) is 4.42. The Morgan fingerprint density at radius 2 is 1.64 bits per heavy atom. The van der Waals surface area contributed by atoms with Crippen LogP contribution >= 0.6 is 0 Å². The zero-order chi connectivity index (χ0) is 16.7. The van der Waals surface area contributed by atoms with Crippen molar-refractivity contribution in [1.29, 1.82) is 0 Å². The summed E-state index contributed by atoms with van der Waals surface area (Å²) in [6.45, 7) is 1.22. The SMILES string of the molecule is CC(=O)Nc1ccc2cc(S(=O)(=O)F)cc(S(=O)(=O)F)c2c1. The molecule has 0 aliphatic carbocycles. The third kappa shape index (κ3) is 3.39. The van der Waals surface area contributed by atoms with Crippen LogP contribution in [-0.2, 0) is 25.2 Å². The first-order chi connectivity index (χ1) is 9.98. The minimum Gasteiger partial charge on any atom is -0.326 e. The molecule has 0 fully saturated rings. The van der Waals surface area contributed by atoms with Gasteiger partial charge in [0.15, 0.2) is 0 Å². The molecule has 2 aromatic rings. The third-order valence-electron chi connectivity index (χ3n) is 2.75. The number of anilines is 1. The molecule has 22 heavy (non-hydrogen) atoms. The number of carbonyl (C=O) groups excluding carboxylic acids is 1. The highest BCUT2D eigenvalue weighted by molar-refractivity contribution is 7.87. The molecule has 0 aliphatic rings. The molecule has 6 nitrogen and oxygen atoms in total. The largest absolute Gasteiger partial charge is 0.332 e. The summed E-state index contributed by atoms with van der Waals surface area (Å²) in [7, 11) is -10.5. The molecule has 0 aromatic heterocycles. The van der Waals surface area contributed by atoms with Crippen LogP contribution in [0.25, 0.3) is 10.8 Å². The minimum absolute atomic E-state index is 0.0101. The van der Waals surface area contributed by atoms with E-state index in [0.717, 1.165) is 12.1 Å². The number of fused-ring (bicyclic) bond motifs is 1. The lowest BCUT2D eigenvalue weighted by Gasteiger charge is -2.08. The van der Waals surface area contributed by atoms with Gasteiger partial charge in [-0.05, 0) is 29.7 Å². The van der Waals surface area contributed by atoms with Gasteiger partial charge in [0.25, 0.3) is 0 Å². The molecule has 1 amide bonds. The summed E-state index contributed by atoms with van der Waals surface area (Å²) in [5.74, 6) is -0.438. The number of amides is 1. The van der Waals surface area contributed by atoms with Crippen LogP contribution in [0.3, 0.4) is 0 Å². The summed E-state index contributed by atoms with van der Waals surface area (Å²) in [6, 6.07) is 5.00. The van der Waals surface area contributed by atoms with Gasteiger partial charge >= 0.3 is 20.4 Å². The lowest BCUT2D eigenvalue weighted by Crippen LogP contribution is -2.06. The Labute approximate surface area is 125 Å². The van der Waals surface area contributed by atoms with E-state index in [1.165, 1.54) is 19.1 Å². The van der Waals surface area contributed by atoms with Crippen molar-refractivity contribution < 1.29 is 29.4 Å². The van der Waals surface area contributed by atoms with Crippen LogP contribution in [0.1, 0.15) is 6.92 Å². The van der Waals surface area contributed by atoms with Gasteiger partial charge in [-0.25, -0.2) is 0 Å². The van der Waals surface area contributed by atoms with Crippen molar-refractivity contribution in [3.05, 3.63) is 30.3 Å². The fourth-order valence-electron chi connectivity index (χ4n) is 1.92. The Morgan fingerprint density at radius 1 is 1.00 bits per heavy atom. The van der Waals surface area contributed by atoms with Crippen LogP contribution in [0, 0.1) is 0 Å². The smallest absolute Gasteiger partial charge is 0.326 e. The van der Waals surface area contributed by atoms with Gasteiger partial charge in [0, 0.05) is 18.0 Å². The summed E-state index contributed by atoms with van der Waals surface area (Å²) in [5.41, 5.74) is 0.181. The normalized spacial score (nSPS) is 12.3. The first-order valence-electron chi connectivity index (χ1n) is 5.73. The van der Waals surface area contributed by atoms with Gasteiger partial charge in [-0.2, -0.15) is 16.8 Å². The first-order valence-corrected chi connectivity index (χ1v) is 8.50. The number of hydrogen-bond donors (Lipinski definition) is 1. The standard InChI is InChI=1S/C12H9F2NO5S2/c1-7(16)15-9-3-2-8-4-10(21(13,17)18)6-12(11(8)5-9)22(14,19)20/h2-6H,1H3,(H,15,16). The molecular weight excluding hydrogens is 340 g/mol. The molecule has 10 heteroatoms. The van der Waals surface area contributed by atoms with E-state index in [1.54, 1.807) is 0 Å². The van der Waals surface area contributed by atoms with E-state index in [9.17, 15) is 29.4 Å². The molecule has 0 unspecified atom stereocenters. The predicted molar refractivity (Wildman–Crippen MR) is 74.8 cm³/mol. The molecule has 0 heterocycles. The van der Waals surface area contributed by atoms with Crippen molar-refractivity contribution in [2.45, 2.75) is 16.7 Å². The summed E-state index contributed by atoms with van der Waals surface area (Å²) >= 11 is 0.